The van der Waals surface area contributed by atoms with Gasteiger partial charge in [0.05, 0.1) is 11.7 Å². The number of nitrogens with zero attached hydrogens (tertiary/aromatic N) is 2. The number of carbonyl (C=O) groups excluding carboxylic acids is 1. The molecule has 1 aliphatic heterocycles. The number of benzene rings is 1. The van der Waals surface area contributed by atoms with Crippen molar-refractivity contribution < 1.29 is 14.6 Å². The maximum Gasteiger partial charge on any atom is 0.264 e. The Morgan fingerprint density at radius 3 is 2.82 bits per heavy atom. The summed E-state index contributed by atoms with van der Waals surface area (Å²) in [6, 6.07) is 8.99. The zero-order valence-corrected chi connectivity index (χ0v) is 13.0. The van der Waals surface area contributed by atoms with Crippen LogP contribution in [-0.2, 0) is 4.79 Å². The first-order valence-electron chi connectivity index (χ1n) is 7.65. The van der Waals surface area contributed by atoms with Crippen LogP contribution in [0.25, 0.3) is 0 Å². The standard InChI is InChI=1S/C17H22N2O3/c1-12(2)16(17(21)19-9-5-7-14(20)11-19)22-15-8-4-3-6-13(15)10-18/h3-4,6,8,12,14,16,20H,5,7,9,11H2,1-2H3. The van der Waals surface area contributed by atoms with Crippen LogP contribution >= 0.6 is 0 Å². The fraction of sp³-hybridized carbons (Fsp3) is 0.529. The van der Waals surface area contributed by atoms with Crippen molar-refractivity contribution in [2.45, 2.75) is 38.9 Å². The molecular formula is C17H22N2O3. The molecule has 1 aliphatic rings. The molecule has 1 heterocycles. The van der Waals surface area contributed by atoms with Crippen molar-refractivity contribution in [2.75, 3.05) is 13.1 Å². The Morgan fingerprint density at radius 2 is 2.18 bits per heavy atom. The van der Waals surface area contributed by atoms with Gasteiger partial charge in [0.15, 0.2) is 6.10 Å². The molecule has 1 N–H and O–H groups in total. The van der Waals surface area contributed by atoms with E-state index < -0.39 is 12.2 Å². The monoisotopic (exact) mass is 302 g/mol. The number of aliphatic hydroxyl groups excluding tert-OH is 1. The van der Waals surface area contributed by atoms with Crippen LogP contribution in [0, 0.1) is 17.2 Å². The fourth-order valence-electron chi connectivity index (χ4n) is 2.61. The van der Waals surface area contributed by atoms with Crippen LogP contribution in [0.2, 0.25) is 0 Å². The van der Waals surface area contributed by atoms with Gasteiger partial charge in [-0.25, -0.2) is 0 Å². The van der Waals surface area contributed by atoms with Gasteiger partial charge in [0.25, 0.3) is 5.91 Å². The lowest BCUT2D eigenvalue weighted by molar-refractivity contribution is -0.143. The van der Waals surface area contributed by atoms with Gasteiger partial charge in [0.2, 0.25) is 0 Å². The highest BCUT2D eigenvalue weighted by Gasteiger charge is 2.32. The number of ether oxygens (including phenoxy) is 1. The third-order valence-corrected chi connectivity index (χ3v) is 3.82. The molecule has 0 aromatic heterocycles. The van der Waals surface area contributed by atoms with Gasteiger partial charge in [-0.2, -0.15) is 5.26 Å². The molecule has 2 atom stereocenters. The molecule has 1 aromatic carbocycles. The Kier molecular flexibility index (Phi) is 5.40. The van der Waals surface area contributed by atoms with Crippen molar-refractivity contribution in [3.05, 3.63) is 29.8 Å². The molecule has 2 unspecified atom stereocenters. The molecule has 0 bridgehead atoms. The van der Waals surface area contributed by atoms with E-state index in [1.807, 2.05) is 13.8 Å². The molecule has 5 nitrogen and oxygen atoms in total. The van der Waals surface area contributed by atoms with Crippen LogP contribution in [0.3, 0.4) is 0 Å². The van der Waals surface area contributed by atoms with Crippen LogP contribution in [0.1, 0.15) is 32.3 Å². The summed E-state index contributed by atoms with van der Waals surface area (Å²) in [6.45, 7) is 4.82. The van der Waals surface area contributed by atoms with Crippen LogP contribution in [0.5, 0.6) is 5.75 Å². The smallest absolute Gasteiger partial charge is 0.264 e. The Hall–Kier alpha value is -2.06. The second-order valence-electron chi connectivity index (χ2n) is 5.97. The molecule has 118 valence electrons. The highest BCUT2D eigenvalue weighted by molar-refractivity contribution is 5.81. The summed E-state index contributed by atoms with van der Waals surface area (Å²) in [5.74, 6) is 0.273. The van der Waals surface area contributed by atoms with Gasteiger partial charge < -0.3 is 14.7 Å². The second kappa shape index (κ2) is 7.28. The van der Waals surface area contributed by atoms with Crippen LogP contribution in [0.15, 0.2) is 24.3 Å². The molecule has 0 saturated carbocycles. The van der Waals surface area contributed by atoms with Crippen LogP contribution in [0.4, 0.5) is 0 Å². The molecule has 0 spiro atoms. The summed E-state index contributed by atoms with van der Waals surface area (Å²) < 4.78 is 5.85. The van der Waals surface area contributed by atoms with Gasteiger partial charge in [-0.3, -0.25) is 4.79 Å². The van der Waals surface area contributed by atoms with Gasteiger partial charge in [-0.15, -0.1) is 0 Å². The van der Waals surface area contributed by atoms with E-state index in [0.717, 1.165) is 12.8 Å². The summed E-state index contributed by atoms with van der Waals surface area (Å²) in [5, 5.41) is 18.9. The number of rotatable bonds is 4. The van der Waals surface area contributed by atoms with Crippen molar-refractivity contribution in [2.24, 2.45) is 5.92 Å². The van der Waals surface area contributed by atoms with Gasteiger partial charge >= 0.3 is 0 Å². The molecule has 0 radical (unpaired) electrons. The van der Waals surface area contributed by atoms with E-state index in [-0.39, 0.29) is 11.8 Å². The number of β-amino-alcohol motifs (C(OH)–C–C–N with tert-alkyl or cyclic N) is 1. The van der Waals surface area contributed by atoms with Crippen molar-refractivity contribution in [3.63, 3.8) is 0 Å². The summed E-state index contributed by atoms with van der Waals surface area (Å²) in [6.07, 6.45) is 0.414. The summed E-state index contributed by atoms with van der Waals surface area (Å²) >= 11 is 0. The lowest BCUT2D eigenvalue weighted by Crippen LogP contribution is -2.49. The lowest BCUT2D eigenvalue weighted by atomic mass is 10.0. The maximum absolute atomic E-state index is 12.7. The molecule has 5 heteroatoms. The maximum atomic E-state index is 12.7. The van der Waals surface area contributed by atoms with Gasteiger partial charge in [-0.05, 0) is 30.9 Å². The van der Waals surface area contributed by atoms with Gasteiger partial charge in [0.1, 0.15) is 11.8 Å². The number of para-hydroxylation sites is 1. The van der Waals surface area contributed by atoms with Gasteiger partial charge in [-0.1, -0.05) is 26.0 Å². The number of nitriles is 1. The van der Waals surface area contributed by atoms with E-state index >= 15 is 0 Å². The summed E-state index contributed by atoms with van der Waals surface area (Å²) in [5.41, 5.74) is 0.416. The Balaban J connectivity index is 2.16. The SMILES string of the molecule is CC(C)C(Oc1ccccc1C#N)C(=O)N1CCCC(O)C1. The number of amides is 1. The van der Waals surface area contributed by atoms with E-state index in [1.54, 1.807) is 29.2 Å². The minimum absolute atomic E-state index is 0.0293. The molecule has 1 saturated heterocycles. The fourth-order valence-corrected chi connectivity index (χ4v) is 2.61. The number of hydrogen-bond acceptors (Lipinski definition) is 4. The molecule has 22 heavy (non-hydrogen) atoms. The average molecular weight is 302 g/mol. The molecule has 2 rings (SSSR count). The number of likely N-dealkylation sites (tertiary alicyclic amines) is 1. The second-order valence-corrected chi connectivity index (χ2v) is 5.97. The van der Waals surface area contributed by atoms with E-state index in [2.05, 4.69) is 6.07 Å². The Labute approximate surface area is 131 Å². The number of piperidine rings is 1. The molecular weight excluding hydrogens is 280 g/mol. The molecule has 1 fully saturated rings. The first-order chi connectivity index (χ1) is 10.5. The van der Waals surface area contributed by atoms with E-state index in [4.69, 9.17) is 10.00 Å². The average Bonchev–Trinajstić information content (AvgIpc) is 2.52. The van der Waals surface area contributed by atoms with Crippen LogP contribution < -0.4 is 4.74 Å². The molecule has 1 aromatic rings. The molecule has 0 aliphatic carbocycles. The summed E-state index contributed by atoms with van der Waals surface area (Å²) in [7, 11) is 0. The Morgan fingerprint density at radius 1 is 1.45 bits per heavy atom. The number of carbonyl (C=O) groups is 1. The van der Waals surface area contributed by atoms with Crippen molar-refractivity contribution in [3.8, 4) is 11.8 Å². The topological polar surface area (TPSA) is 73.6 Å². The van der Waals surface area contributed by atoms with Gasteiger partial charge in [0, 0.05) is 13.1 Å². The minimum atomic E-state index is -0.653. The predicted molar refractivity (Wildman–Crippen MR) is 82.2 cm³/mol. The minimum Gasteiger partial charge on any atom is -0.479 e. The third-order valence-electron chi connectivity index (χ3n) is 3.82. The van der Waals surface area contributed by atoms with E-state index in [1.165, 1.54) is 0 Å². The molecule has 1 amide bonds. The zero-order chi connectivity index (χ0) is 16.1. The summed E-state index contributed by atoms with van der Waals surface area (Å²) in [4.78, 5) is 14.4. The highest BCUT2D eigenvalue weighted by atomic mass is 16.5. The third kappa shape index (κ3) is 3.77. The highest BCUT2D eigenvalue weighted by Crippen LogP contribution is 2.23. The van der Waals surface area contributed by atoms with Crippen molar-refractivity contribution in [1.82, 2.24) is 4.90 Å². The number of aliphatic hydroxyl groups is 1. The van der Waals surface area contributed by atoms with Crippen LogP contribution in [-0.4, -0.2) is 41.2 Å². The first kappa shape index (κ1) is 16.3. The lowest BCUT2D eigenvalue weighted by Gasteiger charge is -2.34. The predicted octanol–water partition coefficient (Wildman–Crippen LogP) is 1.94. The first-order valence-corrected chi connectivity index (χ1v) is 7.65. The van der Waals surface area contributed by atoms with E-state index in [9.17, 15) is 9.90 Å². The van der Waals surface area contributed by atoms with Crippen molar-refractivity contribution >= 4 is 5.91 Å². The quantitative estimate of drug-likeness (QED) is 0.922. The largest absolute Gasteiger partial charge is 0.479 e. The van der Waals surface area contributed by atoms with E-state index in [0.29, 0.717) is 24.4 Å². The zero-order valence-electron chi connectivity index (χ0n) is 13.0. The normalized spacial score (nSPS) is 19.6. The Bertz CT molecular complexity index is 565. The van der Waals surface area contributed by atoms with Crippen molar-refractivity contribution in [1.29, 1.82) is 5.26 Å². The number of hydrogen-bond donors (Lipinski definition) is 1.